The molecule has 1 aromatic heterocycles. The molecule has 0 saturated carbocycles. The van der Waals surface area contributed by atoms with Crippen molar-refractivity contribution in [2.45, 2.75) is 6.92 Å². The highest BCUT2D eigenvalue weighted by Crippen LogP contribution is 2.14. The van der Waals surface area contributed by atoms with E-state index < -0.39 is 0 Å². The molecule has 0 amide bonds. The van der Waals surface area contributed by atoms with Crippen molar-refractivity contribution in [2.24, 2.45) is 0 Å². The summed E-state index contributed by atoms with van der Waals surface area (Å²) in [5.74, 6) is 0.322. The second kappa shape index (κ2) is 5.34. The van der Waals surface area contributed by atoms with Crippen LogP contribution in [0.25, 0.3) is 0 Å². The van der Waals surface area contributed by atoms with Crippen LogP contribution in [0, 0.1) is 0 Å². The third-order valence-corrected chi connectivity index (χ3v) is 1.68. The van der Waals surface area contributed by atoms with Crippen LogP contribution >= 0.6 is 0 Å². The van der Waals surface area contributed by atoms with Crippen LogP contribution in [0.3, 0.4) is 0 Å². The first-order valence-electron chi connectivity index (χ1n) is 4.33. The number of rotatable bonds is 5. The maximum absolute atomic E-state index is 11.1. The molecule has 0 atom stereocenters. The van der Waals surface area contributed by atoms with Crippen molar-refractivity contribution in [3.63, 3.8) is 0 Å². The molecule has 0 spiro atoms. The number of hydrogen-bond donors (Lipinski definition) is 0. The van der Waals surface area contributed by atoms with E-state index in [-0.39, 0.29) is 5.78 Å². The van der Waals surface area contributed by atoms with Crippen molar-refractivity contribution < 1.29 is 14.3 Å². The number of ketones is 1. The van der Waals surface area contributed by atoms with Crippen LogP contribution in [0.2, 0.25) is 0 Å². The summed E-state index contributed by atoms with van der Waals surface area (Å²) >= 11 is 0. The molecule has 0 unspecified atom stereocenters. The van der Waals surface area contributed by atoms with Gasteiger partial charge in [0.1, 0.15) is 6.61 Å². The Labute approximate surface area is 82.9 Å². The summed E-state index contributed by atoms with van der Waals surface area (Å²) in [5.41, 5.74) is 0.503. The summed E-state index contributed by atoms with van der Waals surface area (Å²) in [6, 6.07) is 3.40. The zero-order valence-corrected chi connectivity index (χ0v) is 8.32. The van der Waals surface area contributed by atoms with Gasteiger partial charge in [0.25, 0.3) is 0 Å². The molecule has 0 aliphatic heterocycles. The Morgan fingerprint density at radius 2 is 2.29 bits per heavy atom. The Kier molecular flexibility index (Phi) is 4.07. The first-order valence-corrected chi connectivity index (χ1v) is 4.33. The lowest BCUT2D eigenvalue weighted by Crippen LogP contribution is -2.08. The second-order valence-electron chi connectivity index (χ2n) is 2.75. The molecule has 0 radical (unpaired) electrons. The van der Waals surface area contributed by atoms with Crippen molar-refractivity contribution in [3.8, 4) is 5.88 Å². The topological polar surface area (TPSA) is 48.4 Å². The zero-order valence-electron chi connectivity index (χ0n) is 8.32. The SMILES string of the molecule is COCCOc1ncccc1C(C)=O. The molecule has 76 valence electrons. The van der Waals surface area contributed by atoms with Crippen LogP contribution in [-0.4, -0.2) is 31.1 Å². The molecule has 0 fully saturated rings. The molecule has 1 rings (SSSR count). The minimum Gasteiger partial charge on any atom is -0.475 e. The van der Waals surface area contributed by atoms with Crippen LogP contribution < -0.4 is 4.74 Å². The van der Waals surface area contributed by atoms with E-state index in [1.54, 1.807) is 25.4 Å². The molecular weight excluding hydrogens is 182 g/mol. The first kappa shape index (κ1) is 10.7. The normalized spacial score (nSPS) is 9.86. The molecule has 4 nitrogen and oxygen atoms in total. The van der Waals surface area contributed by atoms with E-state index in [4.69, 9.17) is 9.47 Å². The van der Waals surface area contributed by atoms with Crippen LogP contribution in [0.15, 0.2) is 18.3 Å². The number of carbonyl (C=O) groups is 1. The fraction of sp³-hybridized carbons (Fsp3) is 0.400. The van der Waals surface area contributed by atoms with Crippen molar-refractivity contribution in [1.82, 2.24) is 4.98 Å². The van der Waals surface area contributed by atoms with Gasteiger partial charge in [-0.1, -0.05) is 0 Å². The van der Waals surface area contributed by atoms with Crippen LogP contribution in [0.5, 0.6) is 5.88 Å². The number of Topliss-reactive ketones (excluding diaryl/α,β-unsaturated/α-hetero) is 1. The molecule has 0 bridgehead atoms. The fourth-order valence-electron chi connectivity index (χ4n) is 0.995. The molecular formula is C10H13NO3. The first-order chi connectivity index (χ1) is 6.75. The maximum Gasteiger partial charge on any atom is 0.224 e. The van der Waals surface area contributed by atoms with E-state index in [2.05, 4.69) is 4.98 Å². The molecule has 1 aromatic rings. The summed E-state index contributed by atoms with van der Waals surface area (Å²) in [7, 11) is 1.59. The van der Waals surface area contributed by atoms with E-state index in [9.17, 15) is 4.79 Å². The maximum atomic E-state index is 11.1. The van der Waals surface area contributed by atoms with Crippen LogP contribution in [0.1, 0.15) is 17.3 Å². The largest absolute Gasteiger partial charge is 0.475 e. The molecule has 14 heavy (non-hydrogen) atoms. The van der Waals surface area contributed by atoms with Gasteiger partial charge in [-0.15, -0.1) is 0 Å². The Balaban J connectivity index is 2.69. The van der Waals surface area contributed by atoms with Gasteiger partial charge in [0.15, 0.2) is 5.78 Å². The van der Waals surface area contributed by atoms with E-state index in [0.717, 1.165) is 0 Å². The highest BCUT2D eigenvalue weighted by Gasteiger charge is 2.08. The molecule has 0 saturated heterocycles. The van der Waals surface area contributed by atoms with Crippen LogP contribution in [0.4, 0.5) is 0 Å². The predicted molar refractivity (Wildman–Crippen MR) is 51.6 cm³/mol. The Hall–Kier alpha value is -1.42. The van der Waals surface area contributed by atoms with Crippen molar-refractivity contribution in [1.29, 1.82) is 0 Å². The lowest BCUT2D eigenvalue weighted by atomic mass is 10.2. The smallest absolute Gasteiger partial charge is 0.224 e. The van der Waals surface area contributed by atoms with Crippen LogP contribution in [-0.2, 0) is 4.74 Å². The lowest BCUT2D eigenvalue weighted by molar-refractivity contribution is 0.100. The molecule has 0 aliphatic rings. The quantitative estimate of drug-likeness (QED) is 0.525. The third kappa shape index (κ3) is 2.81. The average molecular weight is 195 g/mol. The standard InChI is InChI=1S/C10H13NO3/c1-8(12)9-4-3-5-11-10(9)14-7-6-13-2/h3-5H,6-7H2,1-2H3. The number of aromatic nitrogens is 1. The van der Waals surface area contributed by atoms with Gasteiger partial charge in [0.05, 0.1) is 12.2 Å². The summed E-state index contributed by atoms with van der Waals surface area (Å²) in [5, 5.41) is 0. The van der Waals surface area contributed by atoms with Crippen molar-refractivity contribution >= 4 is 5.78 Å². The highest BCUT2D eigenvalue weighted by molar-refractivity contribution is 5.96. The average Bonchev–Trinajstić information content (AvgIpc) is 2.19. The fourth-order valence-corrected chi connectivity index (χ4v) is 0.995. The molecule has 0 aromatic carbocycles. The zero-order chi connectivity index (χ0) is 10.4. The van der Waals surface area contributed by atoms with Gasteiger partial charge < -0.3 is 9.47 Å². The van der Waals surface area contributed by atoms with Gasteiger partial charge >= 0.3 is 0 Å². The number of methoxy groups -OCH3 is 1. The molecule has 1 heterocycles. The summed E-state index contributed by atoms with van der Waals surface area (Å²) < 4.78 is 10.1. The Morgan fingerprint density at radius 3 is 2.93 bits per heavy atom. The van der Waals surface area contributed by atoms with E-state index in [1.807, 2.05) is 0 Å². The van der Waals surface area contributed by atoms with Crippen molar-refractivity contribution in [2.75, 3.05) is 20.3 Å². The van der Waals surface area contributed by atoms with Gasteiger partial charge in [0.2, 0.25) is 5.88 Å². The highest BCUT2D eigenvalue weighted by atomic mass is 16.5. The van der Waals surface area contributed by atoms with Crippen molar-refractivity contribution in [3.05, 3.63) is 23.9 Å². The Bertz CT molecular complexity index is 312. The minimum atomic E-state index is -0.0504. The summed E-state index contributed by atoms with van der Waals surface area (Å²) in [4.78, 5) is 15.1. The molecule has 0 aliphatic carbocycles. The monoisotopic (exact) mass is 195 g/mol. The van der Waals surface area contributed by atoms with E-state index in [0.29, 0.717) is 24.7 Å². The van der Waals surface area contributed by atoms with Gasteiger partial charge in [0, 0.05) is 13.3 Å². The number of nitrogens with zero attached hydrogens (tertiary/aromatic N) is 1. The third-order valence-electron chi connectivity index (χ3n) is 1.68. The molecule has 4 heteroatoms. The van der Waals surface area contributed by atoms with Gasteiger partial charge in [-0.3, -0.25) is 4.79 Å². The number of hydrogen-bond acceptors (Lipinski definition) is 4. The summed E-state index contributed by atoms with van der Waals surface area (Å²) in [6.07, 6.45) is 1.59. The number of carbonyl (C=O) groups excluding carboxylic acids is 1. The Morgan fingerprint density at radius 1 is 1.50 bits per heavy atom. The van der Waals surface area contributed by atoms with E-state index in [1.165, 1.54) is 6.92 Å². The number of ether oxygens (including phenoxy) is 2. The summed E-state index contributed by atoms with van der Waals surface area (Å²) in [6.45, 7) is 2.36. The van der Waals surface area contributed by atoms with E-state index >= 15 is 0 Å². The second-order valence-corrected chi connectivity index (χ2v) is 2.75. The lowest BCUT2D eigenvalue weighted by Gasteiger charge is -2.06. The van der Waals surface area contributed by atoms with Gasteiger partial charge in [-0.05, 0) is 19.1 Å². The molecule has 0 N–H and O–H groups in total. The minimum absolute atomic E-state index is 0.0504. The van der Waals surface area contributed by atoms with Gasteiger partial charge in [-0.2, -0.15) is 0 Å². The predicted octanol–water partition coefficient (Wildman–Crippen LogP) is 1.31. The number of pyridine rings is 1. The van der Waals surface area contributed by atoms with Gasteiger partial charge in [-0.25, -0.2) is 4.98 Å².